The normalized spacial score (nSPS) is 17.1. The molecule has 0 aliphatic carbocycles. The molecule has 0 fully saturated rings. The summed E-state index contributed by atoms with van der Waals surface area (Å²) in [7, 11) is 0. The van der Waals surface area contributed by atoms with Gasteiger partial charge in [-0.3, -0.25) is 0 Å². The fourth-order valence-electron chi connectivity index (χ4n) is 2.52. The molecule has 0 amide bonds. The molecule has 110 valence electrons. The molecule has 5 heteroatoms. The minimum atomic E-state index is -0.945. The summed E-state index contributed by atoms with van der Waals surface area (Å²) in [5, 5.41) is 12.4. The van der Waals surface area contributed by atoms with Crippen LogP contribution in [0.15, 0.2) is 36.4 Å². The molecule has 1 aliphatic rings. The third-order valence-corrected chi connectivity index (χ3v) is 3.59. The molecule has 1 unspecified atom stereocenters. The summed E-state index contributed by atoms with van der Waals surface area (Å²) < 4.78 is 32.2. The van der Waals surface area contributed by atoms with Gasteiger partial charge in [0.05, 0.1) is 6.61 Å². The molecule has 3 nitrogen and oxygen atoms in total. The van der Waals surface area contributed by atoms with E-state index in [1.54, 1.807) is 0 Å². The molecule has 0 saturated carbocycles. The van der Waals surface area contributed by atoms with Crippen LogP contribution in [0.25, 0.3) is 0 Å². The molecule has 1 aliphatic heterocycles. The van der Waals surface area contributed by atoms with Crippen LogP contribution in [0.1, 0.15) is 23.6 Å². The van der Waals surface area contributed by atoms with Gasteiger partial charge in [0.25, 0.3) is 0 Å². The Bertz CT molecular complexity index is 637. The summed E-state index contributed by atoms with van der Waals surface area (Å²) in [4.78, 5) is 0. The maximum absolute atomic E-state index is 13.3. The van der Waals surface area contributed by atoms with Gasteiger partial charge in [0.2, 0.25) is 0 Å². The molecule has 3 rings (SSSR count). The number of phenolic OH excluding ortho intramolecular Hbond substituents is 1. The predicted octanol–water partition coefficient (Wildman–Crippen LogP) is 3.28. The minimum Gasteiger partial charge on any atom is -0.503 e. The first-order chi connectivity index (χ1) is 10.1. The van der Waals surface area contributed by atoms with E-state index in [0.29, 0.717) is 18.7 Å². The van der Waals surface area contributed by atoms with Crippen molar-refractivity contribution in [1.82, 2.24) is 5.32 Å². The van der Waals surface area contributed by atoms with Gasteiger partial charge in [0, 0.05) is 24.6 Å². The van der Waals surface area contributed by atoms with E-state index in [-0.39, 0.29) is 6.04 Å². The Kier molecular flexibility index (Phi) is 3.75. The van der Waals surface area contributed by atoms with Gasteiger partial charge in [0.15, 0.2) is 17.4 Å². The van der Waals surface area contributed by atoms with Crippen LogP contribution in [0.3, 0.4) is 0 Å². The van der Waals surface area contributed by atoms with Crippen molar-refractivity contribution in [3.8, 4) is 11.5 Å². The average molecular weight is 291 g/mol. The Labute approximate surface area is 121 Å². The lowest BCUT2D eigenvalue weighted by molar-refractivity contribution is 0.252. The van der Waals surface area contributed by atoms with Crippen LogP contribution in [-0.4, -0.2) is 11.7 Å². The lowest BCUT2D eigenvalue weighted by atomic mass is 10.0. The highest BCUT2D eigenvalue weighted by atomic mass is 19.1. The quantitative estimate of drug-likeness (QED) is 0.912. The maximum Gasteiger partial charge on any atom is 0.187 e. The molecule has 0 spiro atoms. The molecule has 0 saturated heterocycles. The van der Waals surface area contributed by atoms with E-state index in [4.69, 9.17) is 9.84 Å². The number of ether oxygens (including phenoxy) is 1. The van der Waals surface area contributed by atoms with Gasteiger partial charge >= 0.3 is 0 Å². The number of phenols is 1. The van der Waals surface area contributed by atoms with Crippen molar-refractivity contribution in [1.29, 1.82) is 0 Å². The van der Waals surface area contributed by atoms with Crippen LogP contribution >= 0.6 is 0 Å². The zero-order valence-corrected chi connectivity index (χ0v) is 11.3. The van der Waals surface area contributed by atoms with E-state index in [1.807, 2.05) is 24.3 Å². The molecule has 21 heavy (non-hydrogen) atoms. The SMILES string of the molecule is Oc1c(F)cc(CNC2CCOc3ccccc32)cc1F. The van der Waals surface area contributed by atoms with Crippen molar-refractivity contribution >= 4 is 0 Å². The van der Waals surface area contributed by atoms with Crippen molar-refractivity contribution in [3.63, 3.8) is 0 Å². The summed E-state index contributed by atoms with van der Waals surface area (Å²) in [6, 6.07) is 10.1. The van der Waals surface area contributed by atoms with Crippen molar-refractivity contribution in [2.24, 2.45) is 0 Å². The molecule has 2 N–H and O–H groups in total. The van der Waals surface area contributed by atoms with E-state index in [2.05, 4.69) is 5.32 Å². The number of hydrogen-bond acceptors (Lipinski definition) is 3. The Morgan fingerprint density at radius 3 is 2.67 bits per heavy atom. The Morgan fingerprint density at radius 1 is 1.19 bits per heavy atom. The Balaban J connectivity index is 1.74. The van der Waals surface area contributed by atoms with Gasteiger partial charge in [0.1, 0.15) is 5.75 Å². The molecular weight excluding hydrogens is 276 g/mol. The highest BCUT2D eigenvalue weighted by molar-refractivity contribution is 5.37. The van der Waals surface area contributed by atoms with Crippen LogP contribution in [0.4, 0.5) is 8.78 Å². The van der Waals surface area contributed by atoms with Crippen molar-refractivity contribution in [3.05, 3.63) is 59.2 Å². The van der Waals surface area contributed by atoms with Crippen molar-refractivity contribution in [2.45, 2.75) is 19.0 Å². The lowest BCUT2D eigenvalue weighted by Crippen LogP contribution is -2.26. The van der Waals surface area contributed by atoms with Crippen LogP contribution < -0.4 is 10.1 Å². The van der Waals surface area contributed by atoms with Gasteiger partial charge in [-0.05, 0) is 23.8 Å². The lowest BCUT2D eigenvalue weighted by Gasteiger charge is -2.26. The topological polar surface area (TPSA) is 41.5 Å². The number of para-hydroxylation sites is 1. The summed E-state index contributed by atoms with van der Waals surface area (Å²) in [5.74, 6) is -1.99. The Morgan fingerprint density at radius 2 is 1.90 bits per heavy atom. The molecule has 0 aromatic heterocycles. The summed E-state index contributed by atoms with van der Waals surface area (Å²) in [6.07, 6.45) is 0.792. The van der Waals surface area contributed by atoms with E-state index >= 15 is 0 Å². The zero-order chi connectivity index (χ0) is 14.8. The smallest absolute Gasteiger partial charge is 0.187 e. The second kappa shape index (κ2) is 5.69. The van der Waals surface area contributed by atoms with Gasteiger partial charge in [-0.15, -0.1) is 0 Å². The van der Waals surface area contributed by atoms with E-state index < -0.39 is 17.4 Å². The number of benzene rings is 2. The van der Waals surface area contributed by atoms with Gasteiger partial charge in [-0.25, -0.2) is 8.78 Å². The second-order valence-electron chi connectivity index (χ2n) is 5.02. The third-order valence-electron chi connectivity index (χ3n) is 3.59. The minimum absolute atomic E-state index is 0.0786. The fraction of sp³-hybridized carbons (Fsp3) is 0.250. The standard InChI is InChI=1S/C16H15F2NO2/c17-12-7-10(8-13(18)16(12)20)9-19-14-5-6-21-15-4-2-1-3-11(14)15/h1-4,7-8,14,19-20H,5-6,9H2. The van der Waals surface area contributed by atoms with Crippen LogP contribution in [-0.2, 0) is 6.54 Å². The average Bonchev–Trinajstić information content (AvgIpc) is 2.50. The number of aromatic hydroxyl groups is 1. The summed E-state index contributed by atoms with van der Waals surface area (Å²) in [5.41, 5.74) is 1.50. The number of rotatable bonds is 3. The highest BCUT2D eigenvalue weighted by Gasteiger charge is 2.20. The third kappa shape index (κ3) is 2.83. The van der Waals surface area contributed by atoms with Gasteiger partial charge in [-0.2, -0.15) is 0 Å². The molecule has 1 atom stereocenters. The van der Waals surface area contributed by atoms with Crippen molar-refractivity contribution < 1.29 is 18.6 Å². The molecule has 2 aromatic rings. The zero-order valence-electron chi connectivity index (χ0n) is 11.3. The number of nitrogens with one attached hydrogen (secondary N) is 1. The summed E-state index contributed by atoms with van der Waals surface area (Å²) >= 11 is 0. The largest absolute Gasteiger partial charge is 0.503 e. The molecule has 2 aromatic carbocycles. The number of fused-ring (bicyclic) bond motifs is 1. The first-order valence-corrected chi connectivity index (χ1v) is 6.77. The molecular formula is C16H15F2NO2. The maximum atomic E-state index is 13.3. The first kappa shape index (κ1) is 13.8. The Hall–Kier alpha value is -2.14. The van der Waals surface area contributed by atoms with Crippen molar-refractivity contribution in [2.75, 3.05) is 6.61 Å². The van der Waals surface area contributed by atoms with E-state index in [0.717, 1.165) is 29.9 Å². The van der Waals surface area contributed by atoms with E-state index in [1.165, 1.54) is 0 Å². The predicted molar refractivity (Wildman–Crippen MR) is 74.2 cm³/mol. The number of halogens is 2. The number of hydrogen-bond donors (Lipinski definition) is 2. The molecule has 0 bridgehead atoms. The van der Waals surface area contributed by atoms with Crippen LogP contribution in [0.5, 0.6) is 11.5 Å². The van der Waals surface area contributed by atoms with Gasteiger partial charge < -0.3 is 15.2 Å². The van der Waals surface area contributed by atoms with Crippen LogP contribution in [0.2, 0.25) is 0 Å². The van der Waals surface area contributed by atoms with Crippen LogP contribution in [0, 0.1) is 11.6 Å². The highest BCUT2D eigenvalue weighted by Crippen LogP contribution is 2.32. The molecule has 1 heterocycles. The second-order valence-corrected chi connectivity index (χ2v) is 5.02. The van der Waals surface area contributed by atoms with Gasteiger partial charge in [-0.1, -0.05) is 18.2 Å². The first-order valence-electron chi connectivity index (χ1n) is 6.77. The summed E-state index contributed by atoms with van der Waals surface area (Å²) in [6.45, 7) is 0.917. The monoisotopic (exact) mass is 291 g/mol. The van der Waals surface area contributed by atoms with E-state index in [9.17, 15) is 8.78 Å². The fourth-order valence-corrected chi connectivity index (χ4v) is 2.52. The molecule has 0 radical (unpaired) electrons.